The second-order valence-electron chi connectivity index (χ2n) is 8.52. The molecule has 0 spiro atoms. The minimum absolute atomic E-state index is 0.0720. The summed E-state index contributed by atoms with van der Waals surface area (Å²) in [7, 11) is 0. The average molecular weight is 479 g/mol. The molecule has 0 fully saturated rings. The Kier molecular flexibility index (Phi) is 6.98. The van der Waals surface area contributed by atoms with Crippen molar-refractivity contribution in [1.29, 1.82) is 0 Å². The van der Waals surface area contributed by atoms with Crippen molar-refractivity contribution in [2.24, 2.45) is 0 Å². The summed E-state index contributed by atoms with van der Waals surface area (Å²) >= 11 is 0. The van der Waals surface area contributed by atoms with Gasteiger partial charge in [-0.2, -0.15) is 5.21 Å². The van der Waals surface area contributed by atoms with Crippen LogP contribution in [0.4, 0.5) is 0 Å². The van der Waals surface area contributed by atoms with Crippen molar-refractivity contribution in [2.45, 2.75) is 39.2 Å². The maximum absolute atomic E-state index is 12.9. The Morgan fingerprint density at radius 3 is 2.56 bits per heavy atom. The van der Waals surface area contributed by atoms with Gasteiger partial charge >= 0.3 is 0 Å². The smallest absolute Gasteiger partial charge is 0.217 e. The zero-order chi connectivity index (χ0) is 24.7. The van der Waals surface area contributed by atoms with Gasteiger partial charge in [-0.25, -0.2) is 9.67 Å². The van der Waals surface area contributed by atoms with Crippen LogP contribution in [0, 0.1) is 0 Å². The highest BCUT2D eigenvalue weighted by atomic mass is 16.1. The molecule has 0 unspecified atom stereocenters. The highest BCUT2D eigenvalue weighted by molar-refractivity contribution is 5.94. The zero-order valence-electron chi connectivity index (χ0n) is 20.0. The van der Waals surface area contributed by atoms with Crippen LogP contribution in [0.15, 0.2) is 72.9 Å². The molecule has 0 saturated carbocycles. The van der Waals surface area contributed by atoms with E-state index >= 15 is 0 Å². The number of unbranched alkanes of at least 4 members (excludes halogenated alkanes) is 1. The van der Waals surface area contributed by atoms with Crippen molar-refractivity contribution < 1.29 is 4.79 Å². The van der Waals surface area contributed by atoms with E-state index in [0.717, 1.165) is 53.2 Å². The van der Waals surface area contributed by atoms with E-state index < -0.39 is 0 Å². The van der Waals surface area contributed by atoms with E-state index in [4.69, 9.17) is 0 Å². The molecule has 2 aromatic carbocycles. The fourth-order valence-corrected chi connectivity index (χ4v) is 4.03. The number of H-pyrrole nitrogens is 1. The topological polar surface area (TPSA) is 115 Å². The molecule has 0 saturated heterocycles. The first-order chi connectivity index (χ1) is 17.7. The third-order valence-electron chi connectivity index (χ3n) is 5.91. The van der Waals surface area contributed by atoms with Crippen LogP contribution in [-0.4, -0.2) is 46.2 Å². The van der Waals surface area contributed by atoms with Gasteiger partial charge in [0, 0.05) is 36.7 Å². The number of rotatable bonds is 10. The van der Waals surface area contributed by atoms with E-state index in [0.29, 0.717) is 18.7 Å². The third-order valence-corrected chi connectivity index (χ3v) is 5.91. The number of carbonyl (C=O) groups excluding carboxylic acids is 1. The van der Waals surface area contributed by atoms with Crippen molar-refractivity contribution in [3.05, 3.63) is 95.7 Å². The minimum Gasteiger partial charge on any atom is -0.290 e. The molecule has 0 bridgehead atoms. The van der Waals surface area contributed by atoms with E-state index in [1.807, 2.05) is 71.4 Å². The second kappa shape index (κ2) is 10.8. The molecule has 5 aromatic rings. The Morgan fingerprint density at radius 2 is 1.81 bits per heavy atom. The molecule has 0 aliphatic rings. The molecule has 1 N–H and O–H groups in total. The lowest BCUT2D eigenvalue weighted by Crippen LogP contribution is -2.08. The molecule has 3 heterocycles. The molecule has 5 rings (SSSR count). The summed E-state index contributed by atoms with van der Waals surface area (Å²) in [6.07, 6.45) is 4.63. The van der Waals surface area contributed by atoms with Crippen molar-refractivity contribution in [2.75, 3.05) is 0 Å². The Hall–Kier alpha value is -4.53. The SMILES string of the molecule is CCCCn1nc(C(=O)Cc2ccccc2)nc1Cc1ccc(-c2ncccc2-c2nn[nH]n2)cc1. The largest absolute Gasteiger partial charge is 0.290 e. The summed E-state index contributed by atoms with van der Waals surface area (Å²) in [5.74, 6) is 1.49. The van der Waals surface area contributed by atoms with Gasteiger partial charge in [-0.15, -0.1) is 15.3 Å². The number of carbonyl (C=O) groups is 1. The number of nitrogens with zero attached hydrogens (tertiary/aromatic N) is 7. The van der Waals surface area contributed by atoms with E-state index in [1.54, 1.807) is 6.20 Å². The second-order valence-corrected chi connectivity index (χ2v) is 8.52. The molecule has 3 aromatic heterocycles. The highest BCUT2D eigenvalue weighted by Gasteiger charge is 2.18. The highest BCUT2D eigenvalue weighted by Crippen LogP contribution is 2.28. The summed E-state index contributed by atoms with van der Waals surface area (Å²) < 4.78 is 1.88. The van der Waals surface area contributed by atoms with Crippen LogP contribution in [0.3, 0.4) is 0 Å². The number of hydrogen-bond donors (Lipinski definition) is 1. The number of Topliss-reactive ketones (excluding diaryl/α,β-unsaturated/α-hetero) is 1. The van der Waals surface area contributed by atoms with Gasteiger partial charge in [0.15, 0.2) is 0 Å². The van der Waals surface area contributed by atoms with E-state index in [1.165, 1.54) is 0 Å². The Balaban J connectivity index is 1.37. The Labute approximate surface area is 208 Å². The van der Waals surface area contributed by atoms with Gasteiger partial charge in [0.05, 0.1) is 5.69 Å². The van der Waals surface area contributed by atoms with Crippen LogP contribution in [0.1, 0.15) is 47.3 Å². The first-order valence-corrected chi connectivity index (χ1v) is 12.0. The predicted molar refractivity (Wildman–Crippen MR) is 135 cm³/mol. The van der Waals surface area contributed by atoms with Crippen molar-refractivity contribution in [3.63, 3.8) is 0 Å². The van der Waals surface area contributed by atoms with Gasteiger partial charge in [-0.3, -0.25) is 9.78 Å². The van der Waals surface area contributed by atoms with Crippen molar-refractivity contribution >= 4 is 5.78 Å². The summed E-state index contributed by atoms with van der Waals surface area (Å²) in [6, 6.07) is 21.6. The van der Waals surface area contributed by atoms with Crippen LogP contribution in [0.25, 0.3) is 22.6 Å². The molecule has 9 nitrogen and oxygen atoms in total. The molecule has 9 heteroatoms. The summed E-state index contributed by atoms with van der Waals surface area (Å²) in [4.78, 5) is 22.1. The lowest BCUT2D eigenvalue weighted by molar-refractivity contribution is 0.0982. The van der Waals surface area contributed by atoms with Crippen LogP contribution < -0.4 is 0 Å². The van der Waals surface area contributed by atoms with Gasteiger partial charge in [0.25, 0.3) is 0 Å². The van der Waals surface area contributed by atoms with E-state index in [9.17, 15) is 4.79 Å². The number of pyridine rings is 1. The first kappa shape index (κ1) is 23.2. The first-order valence-electron chi connectivity index (χ1n) is 12.0. The molecule has 0 amide bonds. The zero-order valence-corrected chi connectivity index (χ0v) is 20.0. The average Bonchev–Trinajstić information content (AvgIpc) is 3.59. The molecule has 180 valence electrons. The Bertz CT molecular complexity index is 1430. The van der Waals surface area contributed by atoms with Crippen LogP contribution in [0.5, 0.6) is 0 Å². The quantitative estimate of drug-likeness (QED) is 0.297. The fraction of sp³-hybridized carbons (Fsp3) is 0.222. The predicted octanol–water partition coefficient (Wildman–Crippen LogP) is 4.34. The van der Waals surface area contributed by atoms with E-state index in [-0.39, 0.29) is 11.6 Å². The van der Waals surface area contributed by atoms with Crippen molar-refractivity contribution in [3.8, 4) is 22.6 Å². The number of aromatic nitrogens is 8. The number of ketones is 1. The van der Waals surface area contributed by atoms with Crippen LogP contribution >= 0.6 is 0 Å². The summed E-state index contributed by atoms with van der Waals surface area (Å²) in [5, 5.41) is 18.9. The van der Waals surface area contributed by atoms with Gasteiger partial charge in [-0.05, 0) is 34.9 Å². The van der Waals surface area contributed by atoms with Crippen LogP contribution in [0.2, 0.25) is 0 Å². The lowest BCUT2D eigenvalue weighted by atomic mass is 10.0. The fourth-order valence-electron chi connectivity index (χ4n) is 4.03. The summed E-state index contributed by atoms with van der Waals surface area (Å²) in [5.41, 5.74) is 4.57. The van der Waals surface area contributed by atoms with Gasteiger partial charge in [0.2, 0.25) is 17.4 Å². The normalized spacial score (nSPS) is 11.0. The monoisotopic (exact) mass is 478 g/mol. The lowest BCUT2D eigenvalue weighted by Gasteiger charge is -2.08. The van der Waals surface area contributed by atoms with Gasteiger partial charge in [0.1, 0.15) is 5.82 Å². The maximum atomic E-state index is 12.9. The minimum atomic E-state index is -0.0720. The third kappa shape index (κ3) is 5.25. The van der Waals surface area contributed by atoms with Crippen molar-refractivity contribution in [1.82, 2.24) is 40.4 Å². The molecule has 0 aliphatic heterocycles. The number of aromatic amines is 1. The number of benzene rings is 2. The standard InChI is InChI=1S/C27H26N8O/c1-2-3-16-35-24(29-27(32-35)23(36)17-19-8-5-4-6-9-19)18-20-11-13-21(14-12-20)25-22(10-7-15-28-25)26-30-33-34-31-26/h4-15H,2-3,16-18H2,1H3,(H,30,31,33,34). The molecular weight excluding hydrogens is 452 g/mol. The molecule has 0 atom stereocenters. The number of hydrogen-bond acceptors (Lipinski definition) is 7. The van der Waals surface area contributed by atoms with E-state index in [2.05, 4.69) is 42.6 Å². The number of nitrogens with one attached hydrogen (secondary N) is 1. The van der Waals surface area contributed by atoms with Gasteiger partial charge < -0.3 is 0 Å². The maximum Gasteiger partial charge on any atom is 0.217 e. The number of tetrazole rings is 1. The number of aryl methyl sites for hydroxylation is 1. The molecule has 36 heavy (non-hydrogen) atoms. The molecule has 0 aliphatic carbocycles. The van der Waals surface area contributed by atoms with Crippen LogP contribution in [-0.2, 0) is 19.4 Å². The molecule has 0 radical (unpaired) electrons. The Morgan fingerprint density at radius 1 is 0.972 bits per heavy atom. The van der Waals surface area contributed by atoms with Gasteiger partial charge in [-0.1, -0.05) is 67.9 Å². The summed E-state index contributed by atoms with van der Waals surface area (Å²) in [6.45, 7) is 2.87. The molecular formula is C27H26N8O.